The molecule has 2 heterocycles. The molecule has 0 spiro atoms. The summed E-state index contributed by atoms with van der Waals surface area (Å²) in [5.74, 6) is 2.08. The van der Waals surface area contributed by atoms with Crippen LogP contribution < -0.4 is 0 Å². The van der Waals surface area contributed by atoms with Crippen LogP contribution in [0.4, 0.5) is 0 Å². The Hall–Kier alpha value is -1.65. The summed E-state index contributed by atoms with van der Waals surface area (Å²) in [5.41, 5.74) is 0. The molecule has 0 radical (unpaired) electrons. The lowest BCUT2D eigenvalue weighted by molar-refractivity contribution is -0.127. The van der Waals surface area contributed by atoms with Crippen LogP contribution in [0.3, 0.4) is 0 Å². The molecule has 1 amide bonds. The molecule has 5 nitrogen and oxygen atoms in total. The van der Waals surface area contributed by atoms with Crippen LogP contribution in [0.2, 0.25) is 0 Å². The quantitative estimate of drug-likeness (QED) is 0.807. The van der Waals surface area contributed by atoms with Gasteiger partial charge in [0.2, 0.25) is 5.91 Å². The lowest BCUT2D eigenvalue weighted by atomic mass is 9.89. The number of hydrogen-bond donors (Lipinski definition) is 0. The number of carbonyl (C=O) groups is 1. The van der Waals surface area contributed by atoms with Crippen molar-refractivity contribution in [1.82, 2.24) is 19.7 Å². The van der Waals surface area contributed by atoms with Crippen molar-refractivity contribution in [2.75, 3.05) is 13.1 Å². The van der Waals surface area contributed by atoms with Gasteiger partial charge in [0.1, 0.15) is 12.2 Å². The fourth-order valence-corrected chi connectivity index (χ4v) is 3.70. The first-order valence-electron chi connectivity index (χ1n) is 8.55. The second-order valence-corrected chi connectivity index (χ2v) is 6.68. The molecule has 120 valence electrons. The number of rotatable bonds is 3. The third-order valence-corrected chi connectivity index (χ3v) is 5.01. The van der Waals surface area contributed by atoms with Gasteiger partial charge in [-0.15, -0.1) is 10.2 Å². The Kier molecular flexibility index (Phi) is 4.90. The summed E-state index contributed by atoms with van der Waals surface area (Å²) in [6, 6.07) is 0. The van der Waals surface area contributed by atoms with E-state index in [-0.39, 0.29) is 5.91 Å². The summed E-state index contributed by atoms with van der Waals surface area (Å²) in [5, 5.41) is 8.17. The highest BCUT2D eigenvalue weighted by Crippen LogP contribution is 2.26. The first-order chi connectivity index (χ1) is 10.7. The van der Waals surface area contributed by atoms with Gasteiger partial charge in [-0.3, -0.25) is 4.79 Å². The van der Waals surface area contributed by atoms with Crippen LogP contribution in [0.5, 0.6) is 0 Å². The monoisotopic (exact) mass is 302 g/mol. The Labute approximate surface area is 132 Å². The van der Waals surface area contributed by atoms with Gasteiger partial charge in [-0.1, -0.05) is 25.3 Å². The van der Waals surface area contributed by atoms with Gasteiger partial charge >= 0.3 is 0 Å². The van der Waals surface area contributed by atoms with Gasteiger partial charge < -0.3 is 9.47 Å². The van der Waals surface area contributed by atoms with Crippen molar-refractivity contribution in [2.45, 2.75) is 50.9 Å². The van der Waals surface area contributed by atoms with Gasteiger partial charge in [0, 0.05) is 26.1 Å². The van der Waals surface area contributed by atoms with Crippen molar-refractivity contribution >= 4 is 5.91 Å². The van der Waals surface area contributed by atoms with Crippen molar-refractivity contribution in [3.8, 4) is 0 Å². The topological polar surface area (TPSA) is 51.0 Å². The van der Waals surface area contributed by atoms with E-state index in [1.54, 1.807) is 6.33 Å². The Morgan fingerprint density at radius 2 is 2.05 bits per heavy atom. The number of aryl methyl sites for hydroxylation is 1. The molecule has 1 aromatic heterocycles. The highest BCUT2D eigenvalue weighted by molar-refractivity contribution is 5.87. The second-order valence-electron chi connectivity index (χ2n) is 6.68. The lowest BCUT2D eigenvalue weighted by Gasteiger charge is -2.31. The van der Waals surface area contributed by atoms with Crippen LogP contribution in [0, 0.1) is 5.92 Å². The SMILES string of the molecule is Cn1cnnc1C1CCCN(C(=O)/C=C/C2CCCCC2)C1. The smallest absolute Gasteiger partial charge is 0.246 e. The van der Waals surface area contributed by atoms with Crippen molar-refractivity contribution in [2.24, 2.45) is 13.0 Å². The van der Waals surface area contributed by atoms with Gasteiger partial charge in [0.15, 0.2) is 0 Å². The Balaban J connectivity index is 1.58. The zero-order chi connectivity index (χ0) is 15.4. The molecule has 3 rings (SSSR count). The molecule has 1 aliphatic carbocycles. The molecule has 0 aromatic carbocycles. The molecule has 1 aliphatic heterocycles. The van der Waals surface area contributed by atoms with Crippen molar-refractivity contribution in [3.05, 3.63) is 24.3 Å². The van der Waals surface area contributed by atoms with Crippen molar-refractivity contribution in [3.63, 3.8) is 0 Å². The van der Waals surface area contributed by atoms with Crippen LogP contribution in [-0.4, -0.2) is 38.7 Å². The average molecular weight is 302 g/mol. The minimum absolute atomic E-state index is 0.164. The van der Waals surface area contributed by atoms with Crippen molar-refractivity contribution < 1.29 is 4.79 Å². The molecule has 1 atom stereocenters. The maximum absolute atomic E-state index is 12.4. The average Bonchev–Trinajstić information content (AvgIpc) is 3.00. The number of carbonyl (C=O) groups excluding carboxylic acids is 1. The first kappa shape index (κ1) is 15.3. The summed E-state index contributed by atoms with van der Waals surface area (Å²) < 4.78 is 1.97. The summed E-state index contributed by atoms with van der Waals surface area (Å²) in [4.78, 5) is 14.4. The molecule has 1 saturated heterocycles. The summed E-state index contributed by atoms with van der Waals surface area (Å²) in [6.07, 6.45) is 14.3. The predicted molar refractivity (Wildman–Crippen MR) is 85.3 cm³/mol. The van der Waals surface area contributed by atoms with Crippen LogP contribution in [-0.2, 0) is 11.8 Å². The fourth-order valence-electron chi connectivity index (χ4n) is 3.70. The number of nitrogens with zero attached hydrogens (tertiary/aromatic N) is 4. The van der Waals surface area contributed by atoms with E-state index in [4.69, 9.17) is 0 Å². The van der Waals surface area contributed by atoms with E-state index in [0.717, 1.165) is 31.8 Å². The van der Waals surface area contributed by atoms with Gasteiger partial charge in [0.05, 0.1) is 0 Å². The van der Waals surface area contributed by atoms with Gasteiger partial charge in [-0.2, -0.15) is 0 Å². The lowest BCUT2D eigenvalue weighted by Crippen LogP contribution is -2.38. The van der Waals surface area contributed by atoms with Gasteiger partial charge in [-0.25, -0.2) is 0 Å². The molecule has 1 unspecified atom stereocenters. The maximum atomic E-state index is 12.4. The van der Waals surface area contributed by atoms with E-state index in [0.29, 0.717) is 11.8 Å². The number of piperidine rings is 1. The standard InChI is InChI=1S/C17H26N4O/c1-20-13-18-19-17(20)15-8-5-11-21(12-15)16(22)10-9-14-6-3-2-4-7-14/h9-10,13-15H,2-8,11-12H2,1H3/b10-9+. The molecule has 1 aromatic rings. The van der Waals surface area contributed by atoms with E-state index in [1.165, 1.54) is 32.1 Å². The minimum atomic E-state index is 0.164. The molecule has 2 aliphatic rings. The van der Waals surface area contributed by atoms with E-state index in [9.17, 15) is 4.79 Å². The summed E-state index contributed by atoms with van der Waals surface area (Å²) >= 11 is 0. The molecule has 5 heteroatoms. The maximum Gasteiger partial charge on any atom is 0.246 e. The number of likely N-dealkylation sites (tertiary alicyclic amines) is 1. The molecule has 2 fully saturated rings. The zero-order valence-electron chi connectivity index (χ0n) is 13.4. The highest BCUT2D eigenvalue weighted by atomic mass is 16.2. The molecule has 1 saturated carbocycles. The van der Waals surface area contributed by atoms with Gasteiger partial charge in [-0.05, 0) is 37.7 Å². The largest absolute Gasteiger partial charge is 0.338 e. The third kappa shape index (κ3) is 3.57. The van der Waals surface area contributed by atoms with Gasteiger partial charge in [0.25, 0.3) is 0 Å². The van der Waals surface area contributed by atoms with E-state index < -0.39 is 0 Å². The normalized spacial score (nSPS) is 24.0. The number of aromatic nitrogens is 3. The number of hydrogen-bond acceptors (Lipinski definition) is 3. The van der Waals surface area contributed by atoms with Crippen molar-refractivity contribution in [1.29, 1.82) is 0 Å². The Morgan fingerprint density at radius 3 is 2.77 bits per heavy atom. The number of amides is 1. The highest BCUT2D eigenvalue weighted by Gasteiger charge is 2.26. The molecular weight excluding hydrogens is 276 g/mol. The second kappa shape index (κ2) is 7.07. The summed E-state index contributed by atoms with van der Waals surface area (Å²) in [7, 11) is 1.97. The van der Waals surface area contributed by atoms with E-state index in [2.05, 4.69) is 16.3 Å². The predicted octanol–water partition coefficient (Wildman–Crippen LogP) is 2.66. The third-order valence-electron chi connectivity index (χ3n) is 5.01. The molecule has 0 N–H and O–H groups in total. The number of allylic oxidation sites excluding steroid dienone is 1. The molecular formula is C17H26N4O. The Bertz CT molecular complexity index is 531. The molecule has 0 bridgehead atoms. The summed E-state index contributed by atoms with van der Waals surface area (Å²) in [6.45, 7) is 1.63. The zero-order valence-corrected chi connectivity index (χ0v) is 13.4. The van der Waals surface area contributed by atoms with Crippen LogP contribution in [0.25, 0.3) is 0 Å². The fraction of sp³-hybridized carbons (Fsp3) is 0.706. The van der Waals surface area contributed by atoms with E-state index in [1.807, 2.05) is 22.6 Å². The molecule has 22 heavy (non-hydrogen) atoms. The minimum Gasteiger partial charge on any atom is -0.338 e. The Morgan fingerprint density at radius 1 is 1.23 bits per heavy atom. The van der Waals surface area contributed by atoms with Crippen LogP contribution in [0.15, 0.2) is 18.5 Å². The van der Waals surface area contributed by atoms with E-state index >= 15 is 0 Å². The first-order valence-corrected chi connectivity index (χ1v) is 8.55. The van der Waals surface area contributed by atoms with Crippen LogP contribution in [0.1, 0.15) is 56.7 Å². The van der Waals surface area contributed by atoms with Crippen LogP contribution >= 0.6 is 0 Å².